The first-order valence-corrected chi connectivity index (χ1v) is 6.19. The van der Waals surface area contributed by atoms with Crippen LogP contribution in [0.5, 0.6) is 0 Å². The predicted octanol–water partition coefficient (Wildman–Crippen LogP) is 3.14. The number of ether oxygens (including phenoxy) is 1. The SMILES string of the molecule is CC=CCOCCCCCCNC(C)C. The molecule has 0 saturated carbocycles. The van der Waals surface area contributed by atoms with Crippen LogP contribution in [-0.4, -0.2) is 25.8 Å². The highest BCUT2D eigenvalue weighted by Gasteiger charge is 1.92. The van der Waals surface area contributed by atoms with E-state index in [2.05, 4.69) is 19.2 Å². The number of hydrogen-bond acceptors (Lipinski definition) is 2. The monoisotopic (exact) mass is 213 g/mol. The lowest BCUT2D eigenvalue weighted by atomic mass is 10.2. The van der Waals surface area contributed by atoms with Gasteiger partial charge in [0, 0.05) is 12.6 Å². The van der Waals surface area contributed by atoms with Crippen molar-refractivity contribution in [2.45, 2.75) is 52.5 Å². The quantitative estimate of drug-likeness (QED) is 0.444. The van der Waals surface area contributed by atoms with E-state index in [1.807, 2.05) is 19.1 Å². The van der Waals surface area contributed by atoms with Crippen LogP contribution < -0.4 is 5.32 Å². The molecule has 0 saturated heterocycles. The Morgan fingerprint density at radius 2 is 1.87 bits per heavy atom. The van der Waals surface area contributed by atoms with Gasteiger partial charge < -0.3 is 10.1 Å². The Morgan fingerprint density at radius 3 is 2.53 bits per heavy atom. The van der Waals surface area contributed by atoms with Gasteiger partial charge in [-0.1, -0.05) is 38.8 Å². The summed E-state index contributed by atoms with van der Waals surface area (Å²) in [7, 11) is 0. The van der Waals surface area contributed by atoms with Crippen LogP contribution in [0.2, 0.25) is 0 Å². The number of allylic oxidation sites excluding steroid dienone is 1. The van der Waals surface area contributed by atoms with Gasteiger partial charge in [0.05, 0.1) is 6.61 Å². The summed E-state index contributed by atoms with van der Waals surface area (Å²) in [6, 6.07) is 0.620. The molecule has 0 spiro atoms. The lowest BCUT2D eigenvalue weighted by Crippen LogP contribution is -2.23. The van der Waals surface area contributed by atoms with Crippen molar-refractivity contribution in [3.63, 3.8) is 0 Å². The van der Waals surface area contributed by atoms with Gasteiger partial charge in [-0.05, 0) is 26.3 Å². The Labute approximate surface area is 95.1 Å². The van der Waals surface area contributed by atoms with Gasteiger partial charge in [0.2, 0.25) is 0 Å². The fraction of sp³-hybridized carbons (Fsp3) is 0.846. The van der Waals surface area contributed by atoms with Crippen LogP contribution in [0.25, 0.3) is 0 Å². The second-order valence-electron chi connectivity index (χ2n) is 4.17. The molecule has 0 aliphatic heterocycles. The summed E-state index contributed by atoms with van der Waals surface area (Å²) < 4.78 is 5.42. The lowest BCUT2D eigenvalue weighted by Gasteiger charge is -2.07. The molecule has 2 nitrogen and oxygen atoms in total. The van der Waals surface area contributed by atoms with Crippen LogP contribution in [0.3, 0.4) is 0 Å². The first-order valence-electron chi connectivity index (χ1n) is 6.19. The summed E-state index contributed by atoms with van der Waals surface area (Å²) in [6.07, 6.45) is 9.15. The van der Waals surface area contributed by atoms with Gasteiger partial charge in [-0.25, -0.2) is 0 Å². The third kappa shape index (κ3) is 13.7. The zero-order valence-electron chi connectivity index (χ0n) is 10.6. The van der Waals surface area contributed by atoms with Crippen LogP contribution in [0.15, 0.2) is 12.2 Å². The Hall–Kier alpha value is -0.340. The number of unbranched alkanes of at least 4 members (excludes halogenated alkanes) is 3. The fourth-order valence-corrected chi connectivity index (χ4v) is 1.32. The average molecular weight is 213 g/mol. The molecular formula is C13H27NO. The van der Waals surface area contributed by atoms with Crippen molar-refractivity contribution in [1.29, 1.82) is 0 Å². The van der Waals surface area contributed by atoms with E-state index in [-0.39, 0.29) is 0 Å². The highest BCUT2D eigenvalue weighted by molar-refractivity contribution is 4.75. The minimum absolute atomic E-state index is 0.620. The summed E-state index contributed by atoms with van der Waals surface area (Å²) in [5.41, 5.74) is 0. The van der Waals surface area contributed by atoms with E-state index < -0.39 is 0 Å². The summed E-state index contributed by atoms with van der Waals surface area (Å²) in [5.74, 6) is 0. The maximum absolute atomic E-state index is 5.42. The Kier molecular flexibility index (Phi) is 11.5. The standard InChI is InChI=1S/C13H27NO/c1-4-5-11-15-12-9-7-6-8-10-14-13(2)3/h4-5,13-14H,6-12H2,1-3H3. The molecule has 0 aliphatic rings. The first-order chi connectivity index (χ1) is 7.27. The Bertz CT molecular complexity index is 143. The number of nitrogens with one attached hydrogen (secondary N) is 1. The first kappa shape index (κ1) is 14.7. The summed E-state index contributed by atoms with van der Waals surface area (Å²) in [6.45, 7) is 9.22. The maximum atomic E-state index is 5.42. The smallest absolute Gasteiger partial charge is 0.0647 e. The third-order valence-electron chi connectivity index (χ3n) is 2.22. The number of rotatable bonds is 10. The van der Waals surface area contributed by atoms with E-state index in [0.29, 0.717) is 6.04 Å². The van der Waals surface area contributed by atoms with E-state index >= 15 is 0 Å². The fourth-order valence-electron chi connectivity index (χ4n) is 1.32. The topological polar surface area (TPSA) is 21.3 Å². The highest BCUT2D eigenvalue weighted by atomic mass is 16.5. The normalized spacial score (nSPS) is 11.7. The van der Waals surface area contributed by atoms with E-state index in [1.165, 1.54) is 25.7 Å². The second kappa shape index (κ2) is 11.7. The van der Waals surface area contributed by atoms with Crippen LogP contribution in [0.4, 0.5) is 0 Å². The van der Waals surface area contributed by atoms with Crippen molar-refractivity contribution >= 4 is 0 Å². The van der Waals surface area contributed by atoms with Crippen molar-refractivity contribution in [2.24, 2.45) is 0 Å². The maximum Gasteiger partial charge on any atom is 0.0647 e. The molecule has 90 valence electrons. The molecule has 2 heteroatoms. The molecule has 0 bridgehead atoms. The van der Waals surface area contributed by atoms with Crippen molar-refractivity contribution in [2.75, 3.05) is 19.8 Å². The Balaban J connectivity index is 2.92. The van der Waals surface area contributed by atoms with E-state index in [9.17, 15) is 0 Å². The molecule has 0 rings (SSSR count). The average Bonchev–Trinajstić information content (AvgIpc) is 2.20. The minimum Gasteiger partial charge on any atom is -0.377 e. The molecular weight excluding hydrogens is 186 g/mol. The van der Waals surface area contributed by atoms with Gasteiger partial charge in [-0.3, -0.25) is 0 Å². The van der Waals surface area contributed by atoms with Crippen molar-refractivity contribution in [1.82, 2.24) is 5.32 Å². The van der Waals surface area contributed by atoms with Crippen molar-refractivity contribution < 1.29 is 4.74 Å². The number of hydrogen-bond donors (Lipinski definition) is 1. The summed E-state index contributed by atoms with van der Waals surface area (Å²) >= 11 is 0. The molecule has 0 radical (unpaired) electrons. The zero-order chi connectivity index (χ0) is 11.4. The molecule has 0 aromatic rings. The largest absolute Gasteiger partial charge is 0.377 e. The van der Waals surface area contributed by atoms with E-state index in [0.717, 1.165) is 19.8 Å². The second-order valence-corrected chi connectivity index (χ2v) is 4.17. The molecule has 0 aliphatic carbocycles. The zero-order valence-corrected chi connectivity index (χ0v) is 10.6. The van der Waals surface area contributed by atoms with Crippen LogP contribution in [-0.2, 0) is 4.74 Å². The van der Waals surface area contributed by atoms with Gasteiger partial charge in [0.25, 0.3) is 0 Å². The molecule has 0 fully saturated rings. The van der Waals surface area contributed by atoms with Crippen molar-refractivity contribution in [3.8, 4) is 0 Å². The Morgan fingerprint density at radius 1 is 1.13 bits per heavy atom. The third-order valence-corrected chi connectivity index (χ3v) is 2.22. The van der Waals surface area contributed by atoms with E-state index in [4.69, 9.17) is 4.74 Å². The minimum atomic E-state index is 0.620. The highest BCUT2D eigenvalue weighted by Crippen LogP contribution is 1.99. The van der Waals surface area contributed by atoms with Gasteiger partial charge in [-0.15, -0.1) is 0 Å². The van der Waals surface area contributed by atoms with Gasteiger partial charge >= 0.3 is 0 Å². The van der Waals surface area contributed by atoms with Crippen molar-refractivity contribution in [3.05, 3.63) is 12.2 Å². The molecule has 1 N–H and O–H groups in total. The predicted molar refractivity (Wildman–Crippen MR) is 67.2 cm³/mol. The molecule has 0 atom stereocenters. The van der Waals surface area contributed by atoms with Gasteiger partial charge in [0.15, 0.2) is 0 Å². The molecule has 0 unspecified atom stereocenters. The van der Waals surface area contributed by atoms with Crippen LogP contribution in [0.1, 0.15) is 46.5 Å². The molecule has 0 aromatic carbocycles. The van der Waals surface area contributed by atoms with E-state index in [1.54, 1.807) is 0 Å². The summed E-state index contributed by atoms with van der Waals surface area (Å²) in [5, 5.41) is 3.42. The lowest BCUT2D eigenvalue weighted by molar-refractivity contribution is 0.157. The summed E-state index contributed by atoms with van der Waals surface area (Å²) in [4.78, 5) is 0. The molecule has 0 amide bonds. The molecule has 0 heterocycles. The van der Waals surface area contributed by atoms with Crippen LogP contribution >= 0.6 is 0 Å². The van der Waals surface area contributed by atoms with Crippen LogP contribution in [0, 0.1) is 0 Å². The molecule has 15 heavy (non-hydrogen) atoms. The van der Waals surface area contributed by atoms with Gasteiger partial charge in [0.1, 0.15) is 0 Å². The molecule has 0 aromatic heterocycles. The van der Waals surface area contributed by atoms with Gasteiger partial charge in [-0.2, -0.15) is 0 Å².